The molecule has 2 heterocycles. The second-order valence-electron chi connectivity index (χ2n) is 11.8. The lowest BCUT2D eigenvalue weighted by atomic mass is 9.80. The zero-order valence-electron chi connectivity index (χ0n) is 25.3. The molecule has 0 spiro atoms. The number of fused-ring (bicyclic) bond motifs is 1. The number of nitrogens with two attached hydrogens (primary N) is 1. The number of aliphatic imine (C=N–C) groups is 2. The summed E-state index contributed by atoms with van der Waals surface area (Å²) in [5.41, 5.74) is 8.87. The Morgan fingerprint density at radius 3 is 2.47 bits per heavy atom. The van der Waals surface area contributed by atoms with E-state index in [1.807, 2.05) is 30.3 Å². The van der Waals surface area contributed by atoms with Crippen LogP contribution in [-0.4, -0.2) is 92.1 Å². The number of benzene rings is 2. The van der Waals surface area contributed by atoms with Crippen molar-refractivity contribution in [3.8, 4) is 0 Å². The van der Waals surface area contributed by atoms with Crippen molar-refractivity contribution in [2.45, 2.75) is 69.1 Å². The first kappa shape index (κ1) is 32.8. The second-order valence-corrected chi connectivity index (χ2v) is 12.3. The molecule has 2 aliphatic heterocycles. The number of amides is 1. The molecule has 2 aromatic carbocycles. The van der Waals surface area contributed by atoms with E-state index in [0.717, 1.165) is 18.4 Å². The minimum atomic E-state index is -0.544. The molecule has 2 atom stereocenters. The third-order valence-corrected chi connectivity index (χ3v) is 9.09. The summed E-state index contributed by atoms with van der Waals surface area (Å²) >= 11 is 5.86. The smallest absolute Gasteiger partial charge is 0.238 e. The molecule has 232 valence electrons. The van der Waals surface area contributed by atoms with Gasteiger partial charge in [-0.25, -0.2) is 4.99 Å². The predicted octanol–water partition coefficient (Wildman–Crippen LogP) is 3.23. The molecular weight excluding hydrogens is 562 g/mol. The van der Waals surface area contributed by atoms with E-state index in [1.165, 1.54) is 75.7 Å². The van der Waals surface area contributed by atoms with E-state index in [9.17, 15) is 9.59 Å². The monoisotopic (exact) mass is 607 g/mol. The average Bonchev–Trinajstić information content (AvgIpc) is 3.04. The average molecular weight is 608 g/mol. The molecular formula is C33H46ClN7O2. The molecule has 1 saturated heterocycles. The lowest BCUT2D eigenvalue weighted by molar-refractivity contribution is -0.126. The number of halogens is 1. The van der Waals surface area contributed by atoms with Gasteiger partial charge < -0.3 is 26.1 Å². The number of carbonyl (C=O) groups is 2. The Balaban J connectivity index is 0.000000203. The highest BCUT2D eigenvalue weighted by molar-refractivity contribution is 6.30. The zero-order valence-corrected chi connectivity index (χ0v) is 26.0. The highest BCUT2D eigenvalue weighted by Gasteiger charge is 2.38. The van der Waals surface area contributed by atoms with Crippen molar-refractivity contribution in [1.82, 2.24) is 20.4 Å². The minimum Gasteiger partial charge on any atom is -0.390 e. The predicted molar refractivity (Wildman–Crippen MR) is 175 cm³/mol. The zero-order chi connectivity index (χ0) is 30.5. The van der Waals surface area contributed by atoms with Crippen molar-refractivity contribution >= 4 is 36.5 Å². The number of hydrogen-bond donors (Lipinski definition) is 3. The Labute approximate surface area is 261 Å². The number of nitrogens with zero attached hydrogens (tertiary/aromatic N) is 4. The standard InChI is InChI=1S/C19H19ClN2O2.C14H27N5/c20-16-7-5-13(6-8-16)9-17(12-23)22-19(24)18-10-14-3-1-2-4-15(14)11-21-18;1-18-7-9-19(10-8-18)14(5-3-2-4-6-14)11-16-13-17-12-15/h1-8,12,17-18,21H,9-11H2,(H,22,24);12-13H,2-11H2,1H3,(H2,15,16,17)/t17-,18-;/m1./s1. The van der Waals surface area contributed by atoms with Gasteiger partial charge in [0, 0.05) is 43.3 Å². The van der Waals surface area contributed by atoms with Crippen LogP contribution in [0.3, 0.4) is 0 Å². The summed E-state index contributed by atoms with van der Waals surface area (Å²) in [6.07, 6.45) is 11.4. The SMILES string of the molecule is CN1CCN(C2(CN=CN=CN)CCCCC2)CC1.O=C[C@@H](Cc1ccc(Cl)cc1)NC(=O)[C@H]1Cc2ccccc2CN1. The quantitative estimate of drug-likeness (QED) is 0.229. The first-order chi connectivity index (χ1) is 20.9. The van der Waals surface area contributed by atoms with E-state index in [0.29, 0.717) is 24.4 Å². The van der Waals surface area contributed by atoms with E-state index in [1.54, 1.807) is 18.5 Å². The largest absolute Gasteiger partial charge is 0.390 e. The van der Waals surface area contributed by atoms with Crippen LogP contribution in [0.15, 0.2) is 58.5 Å². The molecule has 0 bridgehead atoms. The number of nitrogens with one attached hydrogen (secondary N) is 2. The van der Waals surface area contributed by atoms with Crippen LogP contribution in [0.5, 0.6) is 0 Å². The molecule has 9 nitrogen and oxygen atoms in total. The van der Waals surface area contributed by atoms with Crippen molar-refractivity contribution in [1.29, 1.82) is 0 Å². The molecule has 43 heavy (non-hydrogen) atoms. The van der Waals surface area contributed by atoms with Gasteiger partial charge >= 0.3 is 0 Å². The van der Waals surface area contributed by atoms with Gasteiger partial charge in [0.1, 0.15) is 12.6 Å². The summed E-state index contributed by atoms with van der Waals surface area (Å²) in [5, 5.41) is 6.71. The number of rotatable bonds is 9. The van der Waals surface area contributed by atoms with Gasteiger partial charge in [-0.2, -0.15) is 0 Å². The van der Waals surface area contributed by atoms with E-state index in [4.69, 9.17) is 17.3 Å². The van der Waals surface area contributed by atoms with Crippen molar-refractivity contribution in [2.24, 2.45) is 15.7 Å². The van der Waals surface area contributed by atoms with E-state index in [2.05, 4.69) is 43.5 Å². The van der Waals surface area contributed by atoms with Crippen LogP contribution in [0.2, 0.25) is 5.02 Å². The van der Waals surface area contributed by atoms with Crippen molar-refractivity contribution in [3.63, 3.8) is 0 Å². The maximum Gasteiger partial charge on any atom is 0.238 e. The van der Waals surface area contributed by atoms with Gasteiger partial charge in [-0.1, -0.05) is 67.3 Å². The number of carbonyl (C=O) groups excluding carboxylic acids is 2. The van der Waals surface area contributed by atoms with Gasteiger partial charge in [0.2, 0.25) is 5.91 Å². The van der Waals surface area contributed by atoms with Crippen LogP contribution >= 0.6 is 11.6 Å². The molecule has 3 aliphatic rings. The molecule has 4 N–H and O–H groups in total. The molecule has 0 aromatic heterocycles. The van der Waals surface area contributed by atoms with Gasteiger partial charge in [0.05, 0.1) is 25.0 Å². The highest BCUT2D eigenvalue weighted by Crippen LogP contribution is 2.34. The fraction of sp³-hybridized carbons (Fsp3) is 0.515. The molecule has 1 aliphatic carbocycles. The number of piperazine rings is 1. The van der Waals surface area contributed by atoms with E-state index >= 15 is 0 Å². The topological polar surface area (TPSA) is 115 Å². The van der Waals surface area contributed by atoms with Crippen LogP contribution in [-0.2, 0) is 29.0 Å². The summed E-state index contributed by atoms with van der Waals surface area (Å²) in [5.74, 6) is -0.143. The first-order valence-electron chi connectivity index (χ1n) is 15.4. The molecule has 1 saturated carbocycles. The Hall–Kier alpha value is -3.11. The molecule has 2 fully saturated rings. The lowest BCUT2D eigenvalue weighted by Gasteiger charge is -2.48. The Kier molecular flexibility index (Phi) is 12.7. The second kappa shape index (κ2) is 16.7. The molecule has 10 heteroatoms. The summed E-state index contributed by atoms with van der Waals surface area (Å²) in [7, 11) is 2.21. The van der Waals surface area contributed by atoms with E-state index < -0.39 is 6.04 Å². The molecule has 5 rings (SSSR count). The number of hydrogen-bond acceptors (Lipinski definition) is 6. The number of likely N-dealkylation sites (N-methyl/N-ethyl adjacent to an activating group) is 1. The third kappa shape index (κ3) is 9.69. The molecule has 0 unspecified atom stereocenters. The van der Waals surface area contributed by atoms with E-state index in [-0.39, 0.29) is 17.5 Å². The fourth-order valence-electron chi connectivity index (χ4n) is 6.29. The van der Waals surface area contributed by atoms with Crippen LogP contribution in [0.25, 0.3) is 0 Å². The first-order valence-corrected chi connectivity index (χ1v) is 15.8. The summed E-state index contributed by atoms with van der Waals surface area (Å²) in [4.78, 5) is 37.3. The molecule has 1 amide bonds. The highest BCUT2D eigenvalue weighted by atomic mass is 35.5. The Morgan fingerprint density at radius 2 is 1.79 bits per heavy atom. The maximum absolute atomic E-state index is 12.5. The summed E-state index contributed by atoms with van der Waals surface area (Å²) in [6, 6.07) is 14.5. The van der Waals surface area contributed by atoms with Gasteiger partial charge in [-0.05, 0) is 61.6 Å². The Morgan fingerprint density at radius 1 is 1.09 bits per heavy atom. The third-order valence-electron chi connectivity index (χ3n) is 8.84. The fourth-order valence-corrected chi connectivity index (χ4v) is 6.42. The minimum absolute atomic E-state index is 0.143. The van der Waals surface area contributed by atoms with Crippen LogP contribution in [0.4, 0.5) is 0 Å². The maximum atomic E-state index is 12.5. The van der Waals surface area contributed by atoms with Crippen LogP contribution in [0.1, 0.15) is 48.8 Å². The van der Waals surface area contributed by atoms with Crippen molar-refractivity contribution in [3.05, 3.63) is 70.2 Å². The number of aldehydes is 1. The molecule has 0 radical (unpaired) electrons. The van der Waals surface area contributed by atoms with Gasteiger partial charge in [-0.3, -0.25) is 14.7 Å². The lowest BCUT2D eigenvalue weighted by Crippen LogP contribution is -2.58. The Bertz CT molecular complexity index is 1220. The summed E-state index contributed by atoms with van der Waals surface area (Å²) < 4.78 is 0. The van der Waals surface area contributed by atoms with Crippen molar-refractivity contribution in [2.75, 3.05) is 39.8 Å². The summed E-state index contributed by atoms with van der Waals surface area (Å²) in [6.45, 7) is 6.22. The van der Waals surface area contributed by atoms with Gasteiger partial charge in [-0.15, -0.1) is 0 Å². The van der Waals surface area contributed by atoms with Crippen LogP contribution < -0.4 is 16.4 Å². The normalized spacial score (nSPS) is 21.5. The van der Waals surface area contributed by atoms with Crippen LogP contribution in [0, 0.1) is 0 Å². The molecule has 2 aromatic rings. The van der Waals surface area contributed by atoms with Gasteiger partial charge in [0.15, 0.2) is 0 Å². The van der Waals surface area contributed by atoms with Crippen molar-refractivity contribution < 1.29 is 9.59 Å². The van der Waals surface area contributed by atoms with Gasteiger partial charge in [0.25, 0.3) is 0 Å².